The van der Waals surface area contributed by atoms with Crippen molar-refractivity contribution in [2.24, 2.45) is 0 Å². The second-order valence-electron chi connectivity index (χ2n) is 4.00. The van der Waals surface area contributed by atoms with Crippen LogP contribution in [-0.4, -0.2) is 18.0 Å². The molecular formula is C14H13Cl3N2O2. The number of hydrogen-bond acceptors (Lipinski definition) is 3. The topological polar surface area (TPSA) is 51.2 Å². The van der Waals surface area contributed by atoms with Crippen LogP contribution in [0.25, 0.3) is 0 Å². The maximum absolute atomic E-state index is 11.9. The van der Waals surface area contributed by atoms with Crippen LogP contribution < -0.4 is 10.1 Å². The summed E-state index contributed by atoms with van der Waals surface area (Å²) < 4.78 is 5.07. The van der Waals surface area contributed by atoms with Gasteiger partial charge in [-0.2, -0.15) is 0 Å². The molecule has 2 rings (SSSR count). The fraction of sp³-hybridized carbons (Fsp3) is 0.143. The van der Waals surface area contributed by atoms with Crippen molar-refractivity contribution in [3.8, 4) is 5.75 Å². The smallest absolute Gasteiger partial charge is 0.251 e. The fourth-order valence-corrected chi connectivity index (χ4v) is 2.13. The predicted molar refractivity (Wildman–Crippen MR) is 85.7 cm³/mol. The van der Waals surface area contributed by atoms with Crippen LogP contribution in [0.1, 0.15) is 15.9 Å². The van der Waals surface area contributed by atoms with Crippen molar-refractivity contribution in [2.45, 2.75) is 6.54 Å². The lowest BCUT2D eigenvalue weighted by molar-refractivity contribution is 0.0951. The molecule has 0 aliphatic heterocycles. The highest BCUT2D eigenvalue weighted by molar-refractivity contribution is 6.34. The van der Waals surface area contributed by atoms with Gasteiger partial charge in [-0.05, 0) is 23.8 Å². The van der Waals surface area contributed by atoms with Gasteiger partial charge in [0, 0.05) is 35.6 Å². The number of pyridine rings is 1. The Morgan fingerprint density at radius 2 is 1.90 bits per heavy atom. The second kappa shape index (κ2) is 8.08. The molecule has 0 spiro atoms. The first kappa shape index (κ1) is 17.6. The first-order valence-electron chi connectivity index (χ1n) is 5.82. The molecule has 0 atom stereocenters. The Hall–Kier alpha value is -1.49. The van der Waals surface area contributed by atoms with Gasteiger partial charge in [-0.1, -0.05) is 23.2 Å². The lowest BCUT2D eigenvalue weighted by atomic mass is 10.2. The third kappa shape index (κ3) is 4.49. The highest BCUT2D eigenvalue weighted by atomic mass is 35.5. The SMILES string of the molecule is COc1cc(Cl)c(CNC(=O)c2ccncc2)cc1Cl.Cl. The molecule has 7 heteroatoms. The van der Waals surface area contributed by atoms with Gasteiger partial charge in [-0.25, -0.2) is 0 Å². The minimum absolute atomic E-state index is 0. The number of methoxy groups -OCH3 is 1. The summed E-state index contributed by atoms with van der Waals surface area (Å²) in [6.07, 6.45) is 3.12. The molecule has 0 saturated heterocycles. The summed E-state index contributed by atoms with van der Waals surface area (Å²) in [6, 6.07) is 6.57. The van der Waals surface area contributed by atoms with E-state index in [2.05, 4.69) is 10.3 Å². The van der Waals surface area contributed by atoms with Gasteiger partial charge < -0.3 is 10.1 Å². The van der Waals surface area contributed by atoms with Crippen molar-refractivity contribution < 1.29 is 9.53 Å². The van der Waals surface area contributed by atoms with E-state index in [4.69, 9.17) is 27.9 Å². The second-order valence-corrected chi connectivity index (χ2v) is 4.81. The largest absolute Gasteiger partial charge is 0.495 e. The summed E-state index contributed by atoms with van der Waals surface area (Å²) in [5, 5.41) is 3.71. The number of aromatic nitrogens is 1. The van der Waals surface area contributed by atoms with E-state index in [-0.39, 0.29) is 24.9 Å². The van der Waals surface area contributed by atoms with Gasteiger partial charge in [0.05, 0.1) is 12.1 Å². The molecular weight excluding hydrogens is 335 g/mol. The Morgan fingerprint density at radius 3 is 2.52 bits per heavy atom. The fourth-order valence-electron chi connectivity index (χ4n) is 1.64. The average molecular weight is 348 g/mol. The van der Waals surface area contributed by atoms with E-state index in [9.17, 15) is 4.79 Å². The highest BCUT2D eigenvalue weighted by Crippen LogP contribution is 2.30. The van der Waals surface area contributed by atoms with Crippen LogP contribution in [-0.2, 0) is 6.54 Å². The molecule has 0 radical (unpaired) electrons. The van der Waals surface area contributed by atoms with Crippen LogP contribution in [0, 0.1) is 0 Å². The molecule has 1 aromatic carbocycles. The molecule has 0 fully saturated rings. The van der Waals surface area contributed by atoms with Crippen LogP contribution in [0.2, 0.25) is 10.0 Å². The summed E-state index contributed by atoms with van der Waals surface area (Å²) in [6.45, 7) is 0.281. The molecule has 1 N–H and O–H groups in total. The predicted octanol–water partition coefficient (Wildman–Crippen LogP) is 3.75. The molecule has 0 saturated carbocycles. The lowest BCUT2D eigenvalue weighted by Crippen LogP contribution is -2.22. The molecule has 2 aromatic rings. The number of carbonyl (C=O) groups is 1. The zero-order valence-electron chi connectivity index (χ0n) is 11.1. The van der Waals surface area contributed by atoms with Crippen LogP contribution in [0.15, 0.2) is 36.7 Å². The molecule has 0 bridgehead atoms. The molecule has 1 aromatic heterocycles. The van der Waals surface area contributed by atoms with Gasteiger partial charge in [0.1, 0.15) is 5.75 Å². The minimum Gasteiger partial charge on any atom is -0.495 e. The third-order valence-electron chi connectivity index (χ3n) is 2.70. The van der Waals surface area contributed by atoms with E-state index in [0.717, 1.165) is 5.56 Å². The van der Waals surface area contributed by atoms with Crippen molar-refractivity contribution in [1.29, 1.82) is 0 Å². The highest BCUT2D eigenvalue weighted by Gasteiger charge is 2.10. The molecule has 112 valence electrons. The number of halogens is 3. The summed E-state index contributed by atoms with van der Waals surface area (Å²) in [5.41, 5.74) is 1.26. The molecule has 0 unspecified atom stereocenters. The molecule has 1 amide bonds. The van der Waals surface area contributed by atoms with E-state index in [0.29, 0.717) is 21.4 Å². The van der Waals surface area contributed by atoms with Gasteiger partial charge in [-0.3, -0.25) is 9.78 Å². The van der Waals surface area contributed by atoms with Crippen molar-refractivity contribution in [1.82, 2.24) is 10.3 Å². The van der Waals surface area contributed by atoms with Crippen molar-refractivity contribution in [3.05, 3.63) is 57.8 Å². The van der Waals surface area contributed by atoms with Crippen molar-refractivity contribution in [3.63, 3.8) is 0 Å². The number of benzene rings is 1. The zero-order chi connectivity index (χ0) is 14.5. The van der Waals surface area contributed by atoms with Crippen LogP contribution in [0.5, 0.6) is 5.75 Å². The van der Waals surface area contributed by atoms with Gasteiger partial charge in [0.25, 0.3) is 5.91 Å². The van der Waals surface area contributed by atoms with E-state index < -0.39 is 0 Å². The molecule has 0 aliphatic rings. The normalized spacial score (nSPS) is 9.67. The van der Waals surface area contributed by atoms with E-state index in [1.807, 2.05) is 0 Å². The van der Waals surface area contributed by atoms with Gasteiger partial charge in [-0.15, -0.1) is 12.4 Å². The van der Waals surface area contributed by atoms with Gasteiger partial charge >= 0.3 is 0 Å². The summed E-state index contributed by atoms with van der Waals surface area (Å²) >= 11 is 12.1. The summed E-state index contributed by atoms with van der Waals surface area (Å²) in [5.74, 6) is 0.302. The van der Waals surface area contributed by atoms with E-state index >= 15 is 0 Å². The Morgan fingerprint density at radius 1 is 1.24 bits per heavy atom. The Labute approximate surface area is 138 Å². The number of hydrogen-bond donors (Lipinski definition) is 1. The van der Waals surface area contributed by atoms with Gasteiger partial charge in [0.15, 0.2) is 0 Å². The zero-order valence-corrected chi connectivity index (χ0v) is 13.4. The van der Waals surface area contributed by atoms with Crippen molar-refractivity contribution >= 4 is 41.5 Å². The molecule has 4 nitrogen and oxygen atoms in total. The van der Waals surface area contributed by atoms with E-state index in [1.54, 1.807) is 36.7 Å². The molecule has 0 aliphatic carbocycles. The molecule has 1 heterocycles. The number of nitrogens with zero attached hydrogens (tertiary/aromatic N) is 1. The van der Waals surface area contributed by atoms with Crippen LogP contribution in [0.3, 0.4) is 0 Å². The number of amides is 1. The monoisotopic (exact) mass is 346 g/mol. The van der Waals surface area contributed by atoms with Crippen LogP contribution >= 0.6 is 35.6 Å². The quantitative estimate of drug-likeness (QED) is 0.916. The maximum Gasteiger partial charge on any atom is 0.251 e. The third-order valence-corrected chi connectivity index (χ3v) is 3.35. The standard InChI is InChI=1S/C14H12Cl2N2O2.ClH/c1-20-13-7-11(15)10(6-12(13)16)8-18-14(19)9-2-4-17-5-3-9;/h2-7H,8H2,1H3,(H,18,19);1H. The number of rotatable bonds is 4. The van der Waals surface area contributed by atoms with Crippen molar-refractivity contribution in [2.75, 3.05) is 7.11 Å². The Bertz CT molecular complexity index is 621. The Kier molecular flexibility index (Phi) is 6.75. The van der Waals surface area contributed by atoms with E-state index in [1.165, 1.54) is 7.11 Å². The van der Waals surface area contributed by atoms with Gasteiger partial charge in [0.2, 0.25) is 0 Å². The first-order chi connectivity index (χ1) is 9.61. The summed E-state index contributed by atoms with van der Waals surface area (Å²) in [4.78, 5) is 15.8. The Balaban J connectivity index is 0.00000220. The summed E-state index contributed by atoms with van der Waals surface area (Å²) in [7, 11) is 1.52. The molecule has 21 heavy (non-hydrogen) atoms. The minimum atomic E-state index is -0.199. The lowest BCUT2D eigenvalue weighted by Gasteiger charge is -2.10. The van der Waals surface area contributed by atoms with Crippen LogP contribution in [0.4, 0.5) is 0 Å². The number of ether oxygens (including phenoxy) is 1. The average Bonchev–Trinajstić information content (AvgIpc) is 2.48. The maximum atomic E-state index is 11.9. The first-order valence-corrected chi connectivity index (χ1v) is 6.57. The number of carbonyl (C=O) groups excluding carboxylic acids is 1. The number of nitrogens with one attached hydrogen (secondary N) is 1.